The lowest BCUT2D eigenvalue weighted by atomic mass is 10.1. The van der Waals surface area contributed by atoms with Gasteiger partial charge >= 0.3 is 6.18 Å². The Kier molecular flexibility index (Phi) is 7.28. The number of ether oxygens (including phenoxy) is 1. The maximum absolute atomic E-state index is 13.4. The first-order valence-electron chi connectivity index (χ1n) is 11.5. The summed E-state index contributed by atoms with van der Waals surface area (Å²) in [6.45, 7) is 0.598. The fourth-order valence-electron chi connectivity index (χ4n) is 3.91. The molecular weight excluding hydrogens is 507 g/mol. The van der Waals surface area contributed by atoms with Crippen molar-refractivity contribution in [3.63, 3.8) is 0 Å². The van der Waals surface area contributed by atoms with Crippen molar-refractivity contribution < 1.29 is 27.2 Å². The van der Waals surface area contributed by atoms with Gasteiger partial charge in [0.2, 0.25) is 5.76 Å². The SMILES string of the molecule is O=C(NCc1nnc(SC[C@@H]2CCCO2)n1-c1cccc(C(F)(F)F)c1)c1cc(-c2ccccc2)no1. The van der Waals surface area contributed by atoms with Gasteiger partial charge in [-0.25, -0.2) is 0 Å². The molecule has 1 amide bonds. The van der Waals surface area contributed by atoms with E-state index in [1.165, 1.54) is 28.5 Å². The molecule has 1 aliphatic heterocycles. The number of carbonyl (C=O) groups excluding carboxylic acids is 1. The predicted octanol–water partition coefficient (Wildman–Crippen LogP) is 5.14. The fraction of sp³-hybridized carbons (Fsp3) is 0.280. The summed E-state index contributed by atoms with van der Waals surface area (Å²) in [6, 6.07) is 15.7. The van der Waals surface area contributed by atoms with Crippen LogP contribution in [0.1, 0.15) is 34.8 Å². The van der Waals surface area contributed by atoms with E-state index in [1.807, 2.05) is 30.3 Å². The van der Waals surface area contributed by atoms with E-state index >= 15 is 0 Å². The van der Waals surface area contributed by atoms with Crippen molar-refractivity contribution in [1.82, 2.24) is 25.2 Å². The largest absolute Gasteiger partial charge is 0.416 e. The number of carbonyl (C=O) groups is 1. The van der Waals surface area contributed by atoms with E-state index in [-0.39, 0.29) is 29.9 Å². The van der Waals surface area contributed by atoms with Crippen LogP contribution in [0.5, 0.6) is 0 Å². The summed E-state index contributed by atoms with van der Waals surface area (Å²) in [5.41, 5.74) is 0.747. The quantitative estimate of drug-likeness (QED) is 0.316. The van der Waals surface area contributed by atoms with Gasteiger partial charge in [0.05, 0.1) is 23.9 Å². The van der Waals surface area contributed by atoms with E-state index < -0.39 is 17.6 Å². The van der Waals surface area contributed by atoms with Crippen LogP contribution in [-0.4, -0.2) is 44.3 Å². The van der Waals surface area contributed by atoms with Crippen LogP contribution in [0.25, 0.3) is 16.9 Å². The third kappa shape index (κ3) is 5.86. The Labute approximate surface area is 214 Å². The number of nitrogens with one attached hydrogen (secondary N) is 1. The summed E-state index contributed by atoms with van der Waals surface area (Å²) in [6.07, 6.45) is -2.58. The molecule has 2 aromatic heterocycles. The van der Waals surface area contributed by atoms with Gasteiger partial charge in [0, 0.05) is 24.0 Å². The molecule has 192 valence electrons. The molecule has 1 atom stereocenters. The van der Waals surface area contributed by atoms with Crippen LogP contribution in [0.2, 0.25) is 0 Å². The molecule has 0 saturated carbocycles. The van der Waals surface area contributed by atoms with Crippen LogP contribution in [0.3, 0.4) is 0 Å². The Morgan fingerprint density at radius 3 is 2.70 bits per heavy atom. The first kappa shape index (κ1) is 25.0. The molecule has 0 radical (unpaired) electrons. The third-order valence-corrected chi connectivity index (χ3v) is 6.83. The highest BCUT2D eigenvalue weighted by Gasteiger charge is 2.31. The molecule has 3 heterocycles. The van der Waals surface area contributed by atoms with Gasteiger partial charge in [-0.3, -0.25) is 9.36 Å². The zero-order valence-electron chi connectivity index (χ0n) is 19.4. The predicted molar refractivity (Wildman–Crippen MR) is 129 cm³/mol. The Morgan fingerprint density at radius 1 is 1.11 bits per heavy atom. The summed E-state index contributed by atoms with van der Waals surface area (Å²) in [7, 11) is 0. The first-order chi connectivity index (χ1) is 17.9. The summed E-state index contributed by atoms with van der Waals surface area (Å²) < 4.78 is 52.5. The van der Waals surface area contributed by atoms with Gasteiger partial charge in [0.25, 0.3) is 5.91 Å². The van der Waals surface area contributed by atoms with Crippen molar-refractivity contribution in [2.75, 3.05) is 12.4 Å². The van der Waals surface area contributed by atoms with Crippen LogP contribution >= 0.6 is 11.8 Å². The molecule has 1 aliphatic rings. The molecule has 2 aromatic carbocycles. The van der Waals surface area contributed by atoms with Crippen LogP contribution in [0.4, 0.5) is 13.2 Å². The van der Waals surface area contributed by atoms with E-state index in [0.717, 1.165) is 30.5 Å². The maximum Gasteiger partial charge on any atom is 0.416 e. The zero-order chi connectivity index (χ0) is 25.8. The smallest absolute Gasteiger partial charge is 0.377 e. The molecule has 1 saturated heterocycles. The molecule has 0 aliphatic carbocycles. The summed E-state index contributed by atoms with van der Waals surface area (Å²) >= 11 is 1.35. The number of halogens is 3. The average molecular weight is 530 g/mol. The monoisotopic (exact) mass is 529 g/mol. The van der Waals surface area contributed by atoms with E-state index in [1.54, 1.807) is 6.07 Å². The van der Waals surface area contributed by atoms with E-state index in [2.05, 4.69) is 20.7 Å². The molecule has 12 heteroatoms. The number of alkyl halides is 3. The number of amides is 1. The van der Waals surface area contributed by atoms with Crippen LogP contribution < -0.4 is 5.32 Å². The van der Waals surface area contributed by atoms with Crippen molar-refractivity contribution in [2.45, 2.75) is 36.8 Å². The normalized spacial score (nSPS) is 15.7. The van der Waals surface area contributed by atoms with Crippen LogP contribution in [0.15, 0.2) is 70.3 Å². The molecule has 37 heavy (non-hydrogen) atoms. The molecule has 1 N–H and O–H groups in total. The fourth-order valence-corrected chi connectivity index (χ4v) is 4.94. The lowest BCUT2D eigenvalue weighted by Crippen LogP contribution is -2.24. The second-order valence-electron chi connectivity index (χ2n) is 8.35. The number of thioether (sulfide) groups is 1. The van der Waals surface area contributed by atoms with Crippen LogP contribution in [-0.2, 0) is 17.5 Å². The van der Waals surface area contributed by atoms with Gasteiger partial charge < -0.3 is 14.6 Å². The average Bonchev–Trinajstić information content (AvgIpc) is 3.67. The second-order valence-corrected chi connectivity index (χ2v) is 9.34. The number of rotatable bonds is 8. The number of benzene rings is 2. The van der Waals surface area contributed by atoms with Crippen molar-refractivity contribution >= 4 is 17.7 Å². The van der Waals surface area contributed by atoms with E-state index in [4.69, 9.17) is 9.26 Å². The molecule has 8 nitrogen and oxygen atoms in total. The lowest BCUT2D eigenvalue weighted by molar-refractivity contribution is -0.137. The van der Waals surface area contributed by atoms with Crippen molar-refractivity contribution in [2.24, 2.45) is 0 Å². The van der Waals surface area contributed by atoms with E-state index in [0.29, 0.717) is 23.2 Å². The third-order valence-electron chi connectivity index (χ3n) is 5.76. The molecular formula is C25H22F3N5O3S. The van der Waals surface area contributed by atoms with Gasteiger partial charge in [-0.1, -0.05) is 53.3 Å². The molecule has 0 bridgehead atoms. The van der Waals surface area contributed by atoms with Crippen molar-refractivity contribution in [3.8, 4) is 16.9 Å². The Hall–Kier alpha value is -3.64. The van der Waals surface area contributed by atoms with Gasteiger partial charge in [-0.2, -0.15) is 13.2 Å². The Morgan fingerprint density at radius 2 is 1.95 bits per heavy atom. The van der Waals surface area contributed by atoms with Crippen molar-refractivity contribution in [1.29, 1.82) is 0 Å². The maximum atomic E-state index is 13.4. The standard InChI is InChI=1S/C25H22F3N5O3S/c26-25(27,28)17-8-4-9-18(12-17)33-22(30-31-24(33)37-15-19-10-5-11-35-19)14-29-23(34)21-13-20(32-36-21)16-6-2-1-3-7-16/h1-4,6-9,12-13,19H,5,10-11,14-15H2,(H,29,34)/t19-/m0/s1. The molecule has 1 fully saturated rings. The molecule has 0 spiro atoms. The molecule has 4 aromatic rings. The van der Waals surface area contributed by atoms with Gasteiger partial charge in [0.15, 0.2) is 11.0 Å². The minimum absolute atomic E-state index is 0.00281. The minimum Gasteiger partial charge on any atom is -0.377 e. The lowest BCUT2D eigenvalue weighted by Gasteiger charge is -2.14. The minimum atomic E-state index is -4.51. The molecule has 0 unspecified atom stereocenters. The highest BCUT2D eigenvalue weighted by molar-refractivity contribution is 7.99. The summed E-state index contributed by atoms with van der Waals surface area (Å²) in [5, 5.41) is 15.4. The highest BCUT2D eigenvalue weighted by atomic mass is 32.2. The number of hydrogen-bond acceptors (Lipinski definition) is 7. The number of aromatic nitrogens is 4. The number of hydrogen-bond donors (Lipinski definition) is 1. The van der Waals surface area contributed by atoms with Gasteiger partial charge in [-0.05, 0) is 31.0 Å². The van der Waals surface area contributed by atoms with Crippen LogP contribution in [0, 0.1) is 0 Å². The Balaban J connectivity index is 1.37. The van der Waals surface area contributed by atoms with Gasteiger partial charge in [-0.15, -0.1) is 10.2 Å². The zero-order valence-corrected chi connectivity index (χ0v) is 20.3. The Bertz CT molecular complexity index is 1370. The first-order valence-corrected chi connectivity index (χ1v) is 12.5. The van der Waals surface area contributed by atoms with Crippen molar-refractivity contribution in [3.05, 3.63) is 77.8 Å². The second kappa shape index (κ2) is 10.8. The highest BCUT2D eigenvalue weighted by Crippen LogP contribution is 2.32. The van der Waals surface area contributed by atoms with E-state index in [9.17, 15) is 18.0 Å². The summed E-state index contributed by atoms with van der Waals surface area (Å²) in [5.74, 6) is 0.313. The number of nitrogens with zero attached hydrogens (tertiary/aromatic N) is 4. The van der Waals surface area contributed by atoms with Gasteiger partial charge in [0.1, 0.15) is 5.69 Å². The molecule has 5 rings (SSSR count). The summed E-state index contributed by atoms with van der Waals surface area (Å²) in [4.78, 5) is 12.7. The topological polar surface area (TPSA) is 95.1 Å².